The Kier molecular flexibility index (Phi) is 3.54. The Morgan fingerprint density at radius 3 is 2.95 bits per heavy atom. The lowest BCUT2D eigenvalue weighted by molar-refractivity contribution is -0.117. The van der Waals surface area contributed by atoms with E-state index in [1.54, 1.807) is 13.2 Å². The average Bonchev–Trinajstić information content (AvgIpc) is 3.14. The number of hydrogen-bond acceptors (Lipinski definition) is 4. The summed E-state index contributed by atoms with van der Waals surface area (Å²) in [6.07, 6.45) is 6.61. The molecule has 0 N–H and O–H groups in total. The molecule has 4 rings (SSSR count). The van der Waals surface area contributed by atoms with Crippen molar-refractivity contribution in [1.82, 2.24) is 4.90 Å². The molecule has 1 aliphatic carbocycles. The van der Waals surface area contributed by atoms with Gasteiger partial charge in [0, 0.05) is 23.9 Å². The summed E-state index contributed by atoms with van der Waals surface area (Å²) >= 11 is 1.84. The minimum atomic E-state index is 0.129. The summed E-state index contributed by atoms with van der Waals surface area (Å²) in [6.45, 7) is 3.99. The van der Waals surface area contributed by atoms with E-state index in [2.05, 4.69) is 4.90 Å². The van der Waals surface area contributed by atoms with Crippen molar-refractivity contribution in [3.8, 4) is 0 Å². The molecule has 5 heteroatoms. The number of carbonyl (C=O) groups is 1. The Bertz CT molecular complexity index is 690. The molecule has 0 atom stereocenters. The molecule has 1 amide bonds. The van der Waals surface area contributed by atoms with Gasteiger partial charge in [-0.05, 0) is 43.4 Å². The third kappa shape index (κ3) is 2.38. The molecule has 2 aromatic heterocycles. The van der Waals surface area contributed by atoms with Crippen LogP contribution in [0.15, 0.2) is 22.8 Å². The van der Waals surface area contributed by atoms with Gasteiger partial charge in [0.25, 0.3) is 0 Å². The van der Waals surface area contributed by atoms with Crippen molar-refractivity contribution in [2.45, 2.75) is 45.7 Å². The molecule has 0 aromatic carbocycles. The molecule has 1 aliphatic heterocycles. The Morgan fingerprint density at radius 2 is 2.18 bits per heavy atom. The van der Waals surface area contributed by atoms with Crippen LogP contribution in [0.3, 0.4) is 0 Å². The molecule has 0 unspecified atom stereocenters. The Morgan fingerprint density at radius 1 is 1.32 bits per heavy atom. The first-order valence-corrected chi connectivity index (χ1v) is 8.70. The standard InChI is InChI=1S/C17H20N2O2S/c1-12(20)19-11-18(9-13-5-4-8-21-13)10-15-14-6-2-3-7-16(14)22-17(15)19/h4-5,8H,2-3,6-7,9-11H2,1H3. The summed E-state index contributed by atoms with van der Waals surface area (Å²) in [4.78, 5) is 17.8. The molecule has 0 saturated carbocycles. The third-order valence-electron chi connectivity index (χ3n) is 4.57. The zero-order chi connectivity index (χ0) is 15.1. The summed E-state index contributed by atoms with van der Waals surface area (Å²) in [6, 6.07) is 3.91. The highest BCUT2D eigenvalue weighted by atomic mass is 32.1. The SMILES string of the molecule is CC(=O)N1CN(Cc2ccco2)Cc2c1sc1c2CCCC1. The summed E-state index contributed by atoms with van der Waals surface area (Å²) in [5, 5.41) is 1.19. The predicted octanol–water partition coefficient (Wildman–Crippen LogP) is 3.55. The van der Waals surface area contributed by atoms with Crippen molar-refractivity contribution in [2.75, 3.05) is 11.6 Å². The predicted molar refractivity (Wildman–Crippen MR) is 86.9 cm³/mol. The Hall–Kier alpha value is -1.59. The van der Waals surface area contributed by atoms with E-state index in [1.165, 1.54) is 46.7 Å². The molecule has 2 aliphatic rings. The van der Waals surface area contributed by atoms with Crippen molar-refractivity contribution < 1.29 is 9.21 Å². The molecule has 0 bridgehead atoms. The lowest BCUT2D eigenvalue weighted by atomic mass is 9.94. The van der Waals surface area contributed by atoms with Crippen LogP contribution in [0.2, 0.25) is 0 Å². The monoisotopic (exact) mass is 316 g/mol. The fraction of sp³-hybridized carbons (Fsp3) is 0.471. The van der Waals surface area contributed by atoms with E-state index < -0.39 is 0 Å². The average molecular weight is 316 g/mol. The fourth-order valence-corrected chi connectivity index (χ4v) is 4.94. The first kappa shape index (κ1) is 14.0. The van der Waals surface area contributed by atoms with E-state index in [-0.39, 0.29) is 5.91 Å². The van der Waals surface area contributed by atoms with Gasteiger partial charge >= 0.3 is 0 Å². The van der Waals surface area contributed by atoms with Crippen LogP contribution in [-0.2, 0) is 30.7 Å². The molecular weight excluding hydrogens is 296 g/mol. The first-order chi connectivity index (χ1) is 10.7. The highest BCUT2D eigenvalue weighted by Gasteiger charge is 2.31. The lowest BCUT2D eigenvalue weighted by Gasteiger charge is -2.34. The van der Waals surface area contributed by atoms with Gasteiger partial charge in [0.1, 0.15) is 10.8 Å². The summed E-state index contributed by atoms with van der Waals surface area (Å²) in [5.41, 5.74) is 2.90. The highest BCUT2D eigenvalue weighted by molar-refractivity contribution is 7.16. The van der Waals surface area contributed by atoms with Crippen molar-refractivity contribution in [3.05, 3.63) is 40.2 Å². The number of nitrogens with zero attached hydrogens (tertiary/aromatic N) is 2. The number of aryl methyl sites for hydroxylation is 1. The first-order valence-electron chi connectivity index (χ1n) is 7.88. The number of carbonyl (C=O) groups excluding carboxylic acids is 1. The smallest absolute Gasteiger partial charge is 0.225 e. The highest BCUT2D eigenvalue weighted by Crippen LogP contribution is 2.43. The summed E-state index contributed by atoms with van der Waals surface area (Å²) < 4.78 is 5.47. The van der Waals surface area contributed by atoms with Crippen LogP contribution in [0.4, 0.5) is 5.00 Å². The number of fused-ring (bicyclic) bond motifs is 3. The van der Waals surface area contributed by atoms with Gasteiger partial charge in [-0.2, -0.15) is 0 Å². The number of hydrogen-bond donors (Lipinski definition) is 0. The number of furan rings is 1. The van der Waals surface area contributed by atoms with E-state index in [1.807, 2.05) is 28.4 Å². The summed E-state index contributed by atoms with van der Waals surface area (Å²) in [5.74, 6) is 1.08. The Balaban J connectivity index is 1.68. The van der Waals surface area contributed by atoms with Crippen molar-refractivity contribution in [2.24, 2.45) is 0 Å². The van der Waals surface area contributed by atoms with Crippen LogP contribution in [0.25, 0.3) is 0 Å². The van der Waals surface area contributed by atoms with Crippen LogP contribution in [0.5, 0.6) is 0 Å². The maximum atomic E-state index is 12.1. The van der Waals surface area contributed by atoms with E-state index in [9.17, 15) is 4.79 Å². The van der Waals surface area contributed by atoms with Gasteiger partial charge in [0.05, 0.1) is 19.5 Å². The second kappa shape index (κ2) is 5.56. The van der Waals surface area contributed by atoms with Crippen LogP contribution < -0.4 is 4.90 Å². The second-order valence-corrected chi connectivity index (χ2v) is 7.23. The second-order valence-electron chi connectivity index (χ2n) is 6.15. The molecule has 4 nitrogen and oxygen atoms in total. The maximum Gasteiger partial charge on any atom is 0.225 e. The van der Waals surface area contributed by atoms with Crippen molar-refractivity contribution >= 4 is 22.2 Å². The topological polar surface area (TPSA) is 36.7 Å². The molecule has 0 saturated heterocycles. The van der Waals surface area contributed by atoms with Gasteiger partial charge in [0.15, 0.2) is 0 Å². The van der Waals surface area contributed by atoms with Crippen LogP contribution in [0.1, 0.15) is 41.5 Å². The van der Waals surface area contributed by atoms with Crippen LogP contribution >= 0.6 is 11.3 Å². The minimum Gasteiger partial charge on any atom is -0.468 e. The van der Waals surface area contributed by atoms with Gasteiger partial charge in [-0.1, -0.05) is 0 Å². The zero-order valence-electron chi connectivity index (χ0n) is 12.8. The maximum absolute atomic E-state index is 12.1. The third-order valence-corrected chi connectivity index (χ3v) is 5.92. The molecular formula is C17H20N2O2S. The molecule has 0 spiro atoms. The van der Waals surface area contributed by atoms with Crippen molar-refractivity contribution in [3.63, 3.8) is 0 Å². The Labute approximate surface area is 134 Å². The number of thiophene rings is 1. The van der Waals surface area contributed by atoms with E-state index in [4.69, 9.17) is 4.42 Å². The van der Waals surface area contributed by atoms with Gasteiger partial charge < -0.3 is 4.42 Å². The van der Waals surface area contributed by atoms with Crippen molar-refractivity contribution in [1.29, 1.82) is 0 Å². The van der Waals surface area contributed by atoms with Gasteiger partial charge in [-0.3, -0.25) is 14.6 Å². The van der Waals surface area contributed by atoms with Gasteiger partial charge in [-0.15, -0.1) is 11.3 Å². The van der Waals surface area contributed by atoms with E-state index in [0.717, 1.165) is 18.8 Å². The molecule has 116 valence electrons. The largest absolute Gasteiger partial charge is 0.468 e. The summed E-state index contributed by atoms with van der Waals surface area (Å²) in [7, 11) is 0. The molecule has 3 heterocycles. The van der Waals surface area contributed by atoms with Gasteiger partial charge in [0.2, 0.25) is 5.91 Å². The normalized spacial score (nSPS) is 18.1. The molecule has 0 fully saturated rings. The number of rotatable bonds is 2. The zero-order valence-corrected chi connectivity index (χ0v) is 13.6. The minimum absolute atomic E-state index is 0.129. The van der Waals surface area contributed by atoms with Crippen LogP contribution in [0, 0.1) is 0 Å². The van der Waals surface area contributed by atoms with Gasteiger partial charge in [-0.25, -0.2) is 0 Å². The number of anilines is 1. The van der Waals surface area contributed by atoms with E-state index >= 15 is 0 Å². The molecule has 0 radical (unpaired) electrons. The van der Waals surface area contributed by atoms with Crippen LogP contribution in [-0.4, -0.2) is 17.5 Å². The lowest BCUT2D eigenvalue weighted by Crippen LogP contribution is -2.43. The molecule has 2 aromatic rings. The quantitative estimate of drug-likeness (QED) is 0.850. The van der Waals surface area contributed by atoms with E-state index in [0.29, 0.717) is 6.67 Å². The number of amides is 1. The molecule has 22 heavy (non-hydrogen) atoms. The fourth-order valence-electron chi connectivity index (χ4n) is 3.51.